The fraction of sp³-hybridized carbons (Fsp3) is 0.333. The lowest BCUT2D eigenvalue weighted by Crippen LogP contribution is -1.96. The molecule has 3 N–H and O–H groups in total. The molecule has 3 heteroatoms. The van der Waals surface area contributed by atoms with Gasteiger partial charge in [0.2, 0.25) is 0 Å². The fourth-order valence-electron chi connectivity index (χ4n) is 2.01. The van der Waals surface area contributed by atoms with Crippen LogP contribution in [0.5, 0.6) is 5.75 Å². The number of methoxy groups -OCH3 is 1. The molecule has 0 bridgehead atoms. The van der Waals surface area contributed by atoms with E-state index in [1.165, 1.54) is 16.5 Å². The van der Waals surface area contributed by atoms with Crippen LogP contribution in [0.25, 0.3) is 10.9 Å². The monoisotopic (exact) mass is 204 g/mol. The summed E-state index contributed by atoms with van der Waals surface area (Å²) in [5, 5.41) is 1.17. The molecule has 1 aromatic carbocycles. The molecule has 2 aromatic rings. The van der Waals surface area contributed by atoms with E-state index >= 15 is 0 Å². The van der Waals surface area contributed by atoms with E-state index in [0.717, 1.165) is 17.0 Å². The molecule has 0 spiro atoms. The first-order valence-electron chi connectivity index (χ1n) is 5.03. The number of rotatable bonds is 2. The number of fused-ring (bicyclic) bond motifs is 1. The first-order chi connectivity index (χ1) is 7.17. The highest BCUT2D eigenvalue weighted by Crippen LogP contribution is 2.30. The second kappa shape index (κ2) is 3.59. The molecule has 1 heterocycles. The summed E-state index contributed by atoms with van der Waals surface area (Å²) < 4.78 is 5.35. The van der Waals surface area contributed by atoms with Crippen LogP contribution < -0.4 is 10.5 Å². The van der Waals surface area contributed by atoms with Gasteiger partial charge in [0.15, 0.2) is 0 Å². The number of ether oxygens (including phenoxy) is 1. The van der Waals surface area contributed by atoms with Crippen molar-refractivity contribution in [3.8, 4) is 5.75 Å². The van der Waals surface area contributed by atoms with E-state index in [-0.39, 0.29) is 0 Å². The molecule has 3 nitrogen and oxygen atoms in total. The van der Waals surface area contributed by atoms with Crippen molar-refractivity contribution < 1.29 is 4.74 Å². The number of aromatic amines is 1. The fourth-order valence-corrected chi connectivity index (χ4v) is 2.01. The molecule has 15 heavy (non-hydrogen) atoms. The van der Waals surface area contributed by atoms with Gasteiger partial charge in [-0.3, -0.25) is 0 Å². The van der Waals surface area contributed by atoms with Crippen molar-refractivity contribution in [3.05, 3.63) is 29.0 Å². The Morgan fingerprint density at radius 1 is 1.33 bits per heavy atom. The highest BCUT2D eigenvalue weighted by atomic mass is 16.5. The van der Waals surface area contributed by atoms with Crippen LogP contribution in [-0.2, 0) is 6.54 Å². The zero-order chi connectivity index (χ0) is 11.0. The first kappa shape index (κ1) is 10.1. The van der Waals surface area contributed by atoms with E-state index in [4.69, 9.17) is 10.5 Å². The molecule has 0 aliphatic rings. The predicted molar refractivity (Wildman–Crippen MR) is 62.2 cm³/mol. The van der Waals surface area contributed by atoms with E-state index in [1.54, 1.807) is 7.11 Å². The largest absolute Gasteiger partial charge is 0.495 e. The van der Waals surface area contributed by atoms with Gasteiger partial charge in [0, 0.05) is 17.6 Å². The lowest BCUT2D eigenvalue weighted by Gasteiger charge is -2.03. The summed E-state index contributed by atoms with van der Waals surface area (Å²) in [6.45, 7) is 4.65. The third-order valence-electron chi connectivity index (χ3n) is 2.76. The van der Waals surface area contributed by atoms with Gasteiger partial charge in [-0.2, -0.15) is 0 Å². The summed E-state index contributed by atoms with van der Waals surface area (Å²) in [6.07, 6.45) is 0. The topological polar surface area (TPSA) is 51.0 Å². The Bertz CT molecular complexity index is 500. The summed E-state index contributed by atoms with van der Waals surface area (Å²) in [5.41, 5.74) is 10.3. The number of aryl methyl sites for hydroxylation is 2. The SMILES string of the molecule is COc1cc(C)cc2c(CN)c(C)[nH]c12. The highest BCUT2D eigenvalue weighted by molar-refractivity contribution is 5.90. The van der Waals surface area contributed by atoms with Gasteiger partial charge < -0.3 is 15.5 Å². The van der Waals surface area contributed by atoms with Crippen molar-refractivity contribution in [2.24, 2.45) is 5.73 Å². The maximum atomic E-state index is 5.74. The normalized spacial score (nSPS) is 10.9. The van der Waals surface area contributed by atoms with E-state index in [2.05, 4.69) is 18.0 Å². The van der Waals surface area contributed by atoms with Gasteiger partial charge in [-0.1, -0.05) is 0 Å². The van der Waals surface area contributed by atoms with Gasteiger partial charge in [-0.05, 0) is 37.1 Å². The number of benzene rings is 1. The second-order valence-corrected chi connectivity index (χ2v) is 3.82. The van der Waals surface area contributed by atoms with Gasteiger partial charge in [-0.15, -0.1) is 0 Å². The lowest BCUT2D eigenvalue weighted by atomic mass is 10.1. The third kappa shape index (κ3) is 1.49. The van der Waals surface area contributed by atoms with Crippen molar-refractivity contribution in [2.75, 3.05) is 7.11 Å². The molecule has 0 radical (unpaired) electrons. The number of nitrogens with one attached hydrogen (secondary N) is 1. The number of hydrogen-bond acceptors (Lipinski definition) is 2. The third-order valence-corrected chi connectivity index (χ3v) is 2.76. The Kier molecular flexibility index (Phi) is 2.40. The van der Waals surface area contributed by atoms with Crippen LogP contribution in [0.4, 0.5) is 0 Å². The van der Waals surface area contributed by atoms with Crippen molar-refractivity contribution in [2.45, 2.75) is 20.4 Å². The predicted octanol–water partition coefficient (Wildman–Crippen LogP) is 2.25. The number of aromatic nitrogens is 1. The smallest absolute Gasteiger partial charge is 0.143 e. The summed E-state index contributed by atoms with van der Waals surface area (Å²) in [5.74, 6) is 0.882. The number of H-pyrrole nitrogens is 1. The van der Waals surface area contributed by atoms with Crippen LogP contribution >= 0.6 is 0 Å². The Morgan fingerprint density at radius 3 is 2.67 bits per heavy atom. The van der Waals surface area contributed by atoms with Crippen LogP contribution in [0.15, 0.2) is 12.1 Å². The zero-order valence-corrected chi connectivity index (χ0v) is 9.35. The van der Waals surface area contributed by atoms with Crippen LogP contribution in [0.2, 0.25) is 0 Å². The summed E-state index contributed by atoms with van der Waals surface area (Å²) in [4.78, 5) is 3.32. The number of hydrogen-bond donors (Lipinski definition) is 2. The molecule has 0 unspecified atom stereocenters. The van der Waals surface area contributed by atoms with Gasteiger partial charge >= 0.3 is 0 Å². The van der Waals surface area contributed by atoms with Crippen molar-refractivity contribution >= 4 is 10.9 Å². The Labute approximate surface area is 89.2 Å². The Hall–Kier alpha value is -1.48. The van der Waals surface area contributed by atoms with E-state index < -0.39 is 0 Å². The minimum atomic E-state index is 0.554. The summed E-state index contributed by atoms with van der Waals surface area (Å²) in [7, 11) is 1.69. The van der Waals surface area contributed by atoms with E-state index in [0.29, 0.717) is 6.54 Å². The molecule has 0 amide bonds. The standard InChI is InChI=1S/C12H16N2O/c1-7-4-9-10(6-13)8(2)14-12(9)11(5-7)15-3/h4-5,14H,6,13H2,1-3H3. The summed E-state index contributed by atoms with van der Waals surface area (Å²) in [6, 6.07) is 4.17. The molecule has 0 fully saturated rings. The molecule has 0 aliphatic carbocycles. The molecular formula is C12H16N2O. The Balaban J connectivity index is 2.83. The van der Waals surface area contributed by atoms with Crippen LogP contribution in [0, 0.1) is 13.8 Å². The van der Waals surface area contributed by atoms with Crippen LogP contribution in [0.3, 0.4) is 0 Å². The summed E-state index contributed by atoms with van der Waals surface area (Å²) >= 11 is 0. The maximum Gasteiger partial charge on any atom is 0.143 e. The maximum absolute atomic E-state index is 5.74. The second-order valence-electron chi connectivity index (χ2n) is 3.82. The van der Waals surface area contributed by atoms with Gasteiger partial charge in [0.25, 0.3) is 0 Å². The molecule has 2 rings (SSSR count). The molecule has 0 aliphatic heterocycles. The van der Waals surface area contributed by atoms with Crippen LogP contribution in [-0.4, -0.2) is 12.1 Å². The lowest BCUT2D eigenvalue weighted by molar-refractivity contribution is 0.418. The van der Waals surface area contributed by atoms with Gasteiger partial charge in [-0.25, -0.2) is 0 Å². The molecule has 1 aromatic heterocycles. The van der Waals surface area contributed by atoms with Crippen molar-refractivity contribution in [3.63, 3.8) is 0 Å². The number of nitrogens with two attached hydrogens (primary N) is 1. The molecule has 0 atom stereocenters. The van der Waals surface area contributed by atoms with Crippen molar-refractivity contribution in [1.29, 1.82) is 0 Å². The average Bonchev–Trinajstić information content (AvgIpc) is 2.52. The van der Waals surface area contributed by atoms with Gasteiger partial charge in [0.1, 0.15) is 5.75 Å². The quantitative estimate of drug-likeness (QED) is 0.788. The highest BCUT2D eigenvalue weighted by Gasteiger charge is 2.11. The molecule has 80 valence electrons. The minimum Gasteiger partial charge on any atom is -0.495 e. The Morgan fingerprint density at radius 2 is 2.07 bits per heavy atom. The molecular weight excluding hydrogens is 188 g/mol. The van der Waals surface area contributed by atoms with Crippen molar-refractivity contribution in [1.82, 2.24) is 4.98 Å². The molecule has 0 saturated carbocycles. The van der Waals surface area contributed by atoms with E-state index in [1.807, 2.05) is 13.0 Å². The minimum absolute atomic E-state index is 0.554. The van der Waals surface area contributed by atoms with Gasteiger partial charge in [0.05, 0.1) is 12.6 Å². The van der Waals surface area contributed by atoms with E-state index in [9.17, 15) is 0 Å². The average molecular weight is 204 g/mol. The molecule has 0 saturated heterocycles. The first-order valence-corrected chi connectivity index (χ1v) is 5.03. The zero-order valence-electron chi connectivity index (χ0n) is 9.35. The van der Waals surface area contributed by atoms with Crippen LogP contribution in [0.1, 0.15) is 16.8 Å².